The second-order valence-corrected chi connectivity index (χ2v) is 5.52. The van der Waals surface area contributed by atoms with Gasteiger partial charge in [0.15, 0.2) is 0 Å². The number of piperidine rings is 1. The summed E-state index contributed by atoms with van der Waals surface area (Å²) in [6, 6.07) is 5.07. The number of carbonyl (C=O) groups excluding carboxylic acids is 1. The number of likely N-dealkylation sites (tertiary alicyclic amines) is 1. The lowest BCUT2D eigenvalue weighted by Crippen LogP contribution is -2.45. The molecule has 5 heteroatoms. The molecule has 0 saturated carbocycles. The lowest BCUT2D eigenvalue weighted by molar-refractivity contribution is -0.151. The molecule has 0 aromatic heterocycles. The molecule has 1 aliphatic heterocycles. The van der Waals surface area contributed by atoms with E-state index in [1.165, 1.54) is 0 Å². The first-order chi connectivity index (χ1) is 9.45. The SMILES string of the molecule is CCN1C(=O)CCC(C(=O)O)C1c1ccc(C)c(Cl)c1. The number of carboxylic acid groups (broad SMARTS) is 1. The van der Waals surface area contributed by atoms with Gasteiger partial charge in [-0.15, -0.1) is 0 Å². The maximum Gasteiger partial charge on any atom is 0.308 e. The van der Waals surface area contributed by atoms with Crippen molar-refractivity contribution in [3.05, 3.63) is 34.3 Å². The summed E-state index contributed by atoms with van der Waals surface area (Å²) < 4.78 is 0. The quantitative estimate of drug-likeness (QED) is 0.932. The van der Waals surface area contributed by atoms with Crippen LogP contribution >= 0.6 is 11.6 Å². The van der Waals surface area contributed by atoms with Crippen LogP contribution in [0.25, 0.3) is 0 Å². The number of nitrogens with zero attached hydrogens (tertiary/aromatic N) is 1. The molecule has 1 N–H and O–H groups in total. The lowest BCUT2D eigenvalue weighted by atomic mass is 9.84. The van der Waals surface area contributed by atoms with Gasteiger partial charge in [0.05, 0.1) is 12.0 Å². The second-order valence-electron chi connectivity index (χ2n) is 5.12. The predicted molar refractivity (Wildman–Crippen MR) is 76.7 cm³/mol. The maximum absolute atomic E-state index is 12.0. The Hall–Kier alpha value is -1.55. The molecule has 2 unspecified atom stereocenters. The van der Waals surface area contributed by atoms with Crippen molar-refractivity contribution in [3.8, 4) is 0 Å². The number of amides is 1. The minimum Gasteiger partial charge on any atom is -0.481 e. The Morgan fingerprint density at radius 1 is 1.50 bits per heavy atom. The summed E-state index contributed by atoms with van der Waals surface area (Å²) >= 11 is 6.14. The fourth-order valence-electron chi connectivity index (χ4n) is 2.79. The molecule has 20 heavy (non-hydrogen) atoms. The highest BCUT2D eigenvalue weighted by Gasteiger charge is 2.40. The zero-order valence-corrected chi connectivity index (χ0v) is 12.4. The van der Waals surface area contributed by atoms with Gasteiger partial charge in [-0.05, 0) is 37.5 Å². The van der Waals surface area contributed by atoms with E-state index in [4.69, 9.17) is 11.6 Å². The van der Waals surface area contributed by atoms with Crippen LogP contribution in [0.1, 0.15) is 36.9 Å². The minimum atomic E-state index is -0.863. The van der Waals surface area contributed by atoms with Crippen LogP contribution in [0.4, 0.5) is 0 Å². The minimum absolute atomic E-state index is 0.00620. The zero-order valence-electron chi connectivity index (χ0n) is 11.6. The van der Waals surface area contributed by atoms with Crippen molar-refractivity contribution in [1.82, 2.24) is 4.90 Å². The van der Waals surface area contributed by atoms with Gasteiger partial charge >= 0.3 is 5.97 Å². The van der Waals surface area contributed by atoms with Crippen molar-refractivity contribution in [3.63, 3.8) is 0 Å². The summed E-state index contributed by atoms with van der Waals surface area (Å²) in [6.07, 6.45) is 0.668. The maximum atomic E-state index is 12.0. The Labute approximate surface area is 123 Å². The van der Waals surface area contributed by atoms with Crippen molar-refractivity contribution in [1.29, 1.82) is 0 Å². The van der Waals surface area contributed by atoms with E-state index in [0.717, 1.165) is 11.1 Å². The fraction of sp³-hybridized carbons (Fsp3) is 0.467. The van der Waals surface area contributed by atoms with Crippen LogP contribution in [0.2, 0.25) is 5.02 Å². The Morgan fingerprint density at radius 3 is 2.75 bits per heavy atom. The van der Waals surface area contributed by atoms with Crippen molar-refractivity contribution in [2.45, 2.75) is 32.7 Å². The van der Waals surface area contributed by atoms with Gasteiger partial charge in [-0.25, -0.2) is 0 Å². The molecular formula is C15H18ClNO3. The molecule has 0 aliphatic carbocycles. The average molecular weight is 296 g/mol. The molecule has 1 saturated heterocycles. The van der Waals surface area contributed by atoms with Gasteiger partial charge < -0.3 is 10.0 Å². The van der Waals surface area contributed by atoms with Crippen LogP contribution in [-0.2, 0) is 9.59 Å². The number of hydrogen-bond donors (Lipinski definition) is 1. The monoisotopic (exact) mass is 295 g/mol. The molecule has 1 aromatic carbocycles. The molecule has 0 radical (unpaired) electrons. The number of hydrogen-bond acceptors (Lipinski definition) is 2. The molecule has 0 bridgehead atoms. The molecule has 0 spiro atoms. The van der Waals surface area contributed by atoms with E-state index in [9.17, 15) is 14.7 Å². The van der Waals surface area contributed by atoms with Crippen molar-refractivity contribution in [2.24, 2.45) is 5.92 Å². The van der Waals surface area contributed by atoms with Crippen LogP contribution in [0.5, 0.6) is 0 Å². The molecule has 1 amide bonds. The van der Waals surface area contributed by atoms with Crippen LogP contribution < -0.4 is 0 Å². The van der Waals surface area contributed by atoms with E-state index in [-0.39, 0.29) is 5.91 Å². The molecule has 1 aliphatic rings. The van der Waals surface area contributed by atoms with Crippen molar-refractivity contribution < 1.29 is 14.7 Å². The average Bonchev–Trinajstić information content (AvgIpc) is 2.41. The van der Waals surface area contributed by atoms with Gasteiger partial charge in [0, 0.05) is 18.0 Å². The van der Waals surface area contributed by atoms with Crippen LogP contribution in [-0.4, -0.2) is 28.4 Å². The third-order valence-corrected chi connectivity index (χ3v) is 4.31. The molecule has 4 nitrogen and oxygen atoms in total. The highest BCUT2D eigenvalue weighted by Crippen LogP contribution is 2.37. The number of carboxylic acids is 1. The highest BCUT2D eigenvalue weighted by molar-refractivity contribution is 6.31. The van der Waals surface area contributed by atoms with Gasteiger partial charge in [0.1, 0.15) is 0 Å². The van der Waals surface area contributed by atoms with Crippen molar-refractivity contribution in [2.75, 3.05) is 6.54 Å². The van der Waals surface area contributed by atoms with Crippen molar-refractivity contribution >= 4 is 23.5 Å². The summed E-state index contributed by atoms with van der Waals surface area (Å²) in [4.78, 5) is 25.2. The summed E-state index contributed by atoms with van der Waals surface area (Å²) in [5, 5.41) is 10.0. The van der Waals surface area contributed by atoms with Gasteiger partial charge in [0.2, 0.25) is 5.91 Å². The van der Waals surface area contributed by atoms with Gasteiger partial charge in [-0.2, -0.15) is 0 Å². The molecule has 1 aromatic rings. The smallest absolute Gasteiger partial charge is 0.308 e. The van der Waals surface area contributed by atoms with E-state index in [2.05, 4.69) is 0 Å². The zero-order chi connectivity index (χ0) is 14.9. The van der Waals surface area contributed by atoms with E-state index in [1.807, 2.05) is 26.0 Å². The van der Waals surface area contributed by atoms with Gasteiger partial charge in [-0.1, -0.05) is 23.7 Å². The first-order valence-corrected chi connectivity index (χ1v) is 7.11. The summed E-state index contributed by atoms with van der Waals surface area (Å²) in [5.41, 5.74) is 1.73. The van der Waals surface area contributed by atoms with Crippen LogP contribution in [0.15, 0.2) is 18.2 Å². The number of aryl methyl sites for hydroxylation is 1. The predicted octanol–water partition coefficient (Wildman–Crippen LogP) is 3.03. The van der Waals surface area contributed by atoms with E-state index in [0.29, 0.717) is 24.4 Å². The topological polar surface area (TPSA) is 57.6 Å². The van der Waals surface area contributed by atoms with Crippen LogP contribution in [0.3, 0.4) is 0 Å². The highest BCUT2D eigenvalue weighted by atomic mass is 35.5. The van der Waals surface area contributed by atoms with E-state index < -0.39 is 17.9 Å². The molecule has 2 rings (SSSR count). The fourth-order valence-corrected chi connectivity index (χ4v) is 2.98. The Balaban J connectivity index is 2.46. The number of carbonyl (C=O) groups is 2. The second kappa shape index (κ2) is 5.83. The summed E-state index contributed by atoms with van der Waals surface area (Å²) in [5.74, 6) is -1.43. The summed E-state index contributed by atoms with van der Waals surface area (Å²) in [6.45, 7) is 4.26. The normalized spacial score (nSPS) is 22.9. The first kappa shape index (κ1) is 14.9. The Bertz CT molecular complexity index is 542. The van der Waals surface area contributed by atoms with E-state index in [1.54, 1.807) is 11.0 Å². The molecule has 1 fully saturated rings. The molecule has 2 atom stereocenters. The molecular weight excluding hydrogens is 278 g/mol. The lowest BCUT2D eigenvalue weighted by Gasteiger charge is -2.39. The van der Waals surface area contributed by atoms with Gasteiger partial charge in [-0.3, -0.25) is 9.59 Å². The number of benzene rings is 1. The van der Waals surface area contributed by atoms with Gasteiger partial charge in [0.25, 0.3) is 0 Å². The number of halogens is 1. The number of aliphatic carboxylic acids is 1. The van der Waals surface area contributed by atoms with E-state index >= 15 is 0 Å². The first-order valence-electron chi connectivity index (χ1n) is 6.74. The largest absolute Gasteiger partial charge is 0.481 e. The van der Waals surface area contributed by atoms with Crippen LogP contribution in [0, 0.1) is 12.8 Å². The molecule has 1 heterocycles. The third-order valence-electron chi connectivity index (χ3n) is 3.90. The standard InChI is InChI=1S/C15H18ClNO3/c1-3-17-13(18)7-6-11(15(19)20)14(17)10-5-4-9(2)12(16)8-10/h4-5,8,11,14H,3,6-7H2,1-2H3,(H,19,20). The Morgan fingerprint density at radius 2 is 2.20 bits per heavy atom. The molecule has 108 valence electrons. The Kier molecular flexibility index (Phi) is 4.33. The number of rotatable bonds is 3. The third kappa shape index (κ3) is 2.66. The summed E-state index contributed by atoms with van der Waals surface area (Å²) in [7, 11) is 0.